The van der Waals surface area contributed by atoms with Crippen molar-refractivity contribution in [2.75, 3.05) is 12.5 Å². The van der Waals surface area contributed by atoms with Crippen molar-refractivity contribution < 1.29 is 9.47 Å². The van der Waals surface area contributed by atoms with Gasteiger partial charge in [0.15, 0.2) is 11.5 Å². The highest BCUT2D eigenvalue weighted by Gasteiger charge is 2.26. The van der Waals surface area contributed by atoms with Crippen LogP contribution in [0.15, 0.2) is 58.1 Å². The smallest absolute Gasteiger partial charge is 0.238 e. The number of fused-ring (bicyclic) bond motifs is 3. The third-order valence-corrected chi connectivity index (χ3v) is 5.55. The van der Waals surface area contributed by atoms with Crippen molar-refractivity contribution in [3.8, 4) is 22.8 Å². The minimum absolute atomic E-state index is 0.215. The zero-order valence-electron chi connectivity index (χ0n) is 14.4. The van der Waals surface area contributed by atoms with Gasteiger partial charge >= 0.3 is 0 Å². The highest BCUT2D eigenvalue weighted by atomic mass is 79.9. The van der Waals surface area contributed by atoms with Crippen LogP contribution in [0, 0.1) is 0 Å². The zero-order chi connectivity index (χ0) is 18.8. The number of rotatable bonds is 1. The average molecular weight is 434 g/mol. The number of nitrogens with zero attached hydrogens (tertiary/aromatic N) is 4. The third kappa shape index (κ3) is 2.12. The third-order valence-electron chi connectivity index (χ3n) is 4.89. The number of hydrogen-bond donors (Lipinski definition) is 1. The van der Waals surface area contributed by atoms with E-state index in [1.165, 1.54) is 0 Å². The fourth-order valence-corrected chi connectivity index (χ4v) is 4.19. The lowest BCUT2D eigenvalue weighted by molar-refractivity contribution is 0.174. The predicted octanol–water partition coefficient (Wildman–Crippen LogP) is 3.95. The maximum Gasteiger partial charge on any atom is 0.238 e. The second-order valence-electron chi connectivity index (χ2n) is 6.50. The van der Waals surface area contributed by atoms with Crippen LogP contribution in [0.1, 0.15) is 11.1 Å². The van der Waals surface area contributed by atoms with Gasteiger partial charge in [0.1, 0.15) is 11.2 Å². The van der Waals surface area contributed by atoms with E-state index in [1.807, 2.05) is 48.7 Å². The van der Waals surface area contributed by atoms with Gasteiger partial charge in [-0.3, -0.25) is 0 Å². The summed E-state index contributed by atoms with van der Waals surface area (Å²) in [5.74, 6) is 1.62. The molecule has 7 nitrogen and oxygen atoms in total. The Kier molecular flexibility index (Phi) is 3.10. The van der Waals surface area contributed by atoms with Crippen molar-refractivity contribution in [3.05, 3.63) is 64.3 Å². The normalized spacial score (nSPS) is 14.0. The molecule has 0 aliphatic carbocycles. The minimum atomic E-state index is 0.215. The Bertz CT molecular complexity index is 1330. The standard InChI is InChI=1S/C20H12BrN5O2/c21-13-8-16-15(27-9-28-16)7-12(13)17-11-5-6-26-19(11)18(24-20(22)25-26)10-3-1-2-4-14(10)23-17/h1-8H,9H2,(H2,22,25). The van der Waals surface area contributed by atoms with E-state index in [4.69, 9.17) is 20.2 Å². The summed E-state index contributed by atoms with van der Waals surface area (Å²) in [6, 6.07) is 13.7. The van der Waals surface area contributed by atoms with Crippen LogP contribution in [0.25, 0.3) is 16.8 Å². The van der Waals surface area contributed by atoms with E-state index in [1.54, 1.807) is 4.52 Å². The Morgan fingerprint density at radius 2 is 1.82 bits per heavy atom. The van der Waals surface area contributed by atoms with Crippen molar-refractivity contribution in [1.82, 2.24) is 14.6 Å². The summed E-state index contributed by atoms with van der Waals surface area (Å²) in [6.45, 7) is 0.215. The molecule has 0 amide bonds. The van der Waals surface area contributed by atoms with Crippen molar-refractivity contribution in [3.63, 3.8) is 0 Å². The molecule has 4 aromatic rings. The van der Waals surface area contributed by atoms with E-state index in [-0.39, 0.29) is 12.7 Å². The lowest BCUT2D eigenvalue weighted by Crippen LogP contribution is -2.06. The molecule has 0 radical (unpaired) electrons. The second kappa shape index (κ2) is 5.56. The highest BCUT2D eigenvalue weighted by molar-refractivity contribution is 9.10. The first-order chi connectivity index (χ1) is 13.7. The fourth-order valence-electron chi connectivity index (χ4n) is 3.68. The van der Waals surface area contributed by atoms with Gasteiger partial charge in [-0.15, -0.1) is 5.10 Å². The number of aliphatic imine (C=N–C) groups is 1. The minimum Gasteiger partial charge on any atom is -0.454 e. The molecular weight excluding hydrogens is 422 g/mol. The molecule has 0 saturated heterocycles. The topological polar surface area (TPSA) is 87.0 Å². The van der Waals surface area contributed by atoms with E-state index in [9.17, 15) is 0 Å². The molecule has 2 N–H and O–H groups in total. The molecule has 0 fully saturated rings. The first kappa shape index (κ1) is 15.6. The average Bonchev–Trinajstić information content (AvgIpc) is 3.28. The van der Waals surface area contributed by atoms with Gasteiger partial charge in [-0.1, -0.05) is 18.2 Å². The van der Waals surface area contributed by atoms with Crippen LogP contribution in [-0.4, -0.2) is 27.1 Å². The molecule has 8 heteroatoms. The molecule has 28 heavy (non-hydrogen) atoms. The van der Waals surface area contributed by atoms with Crippen LogP contribution in [0.2, 0.25) is 0 Å². The van der Waals surface area contributed by atoms with Gasteiger partial charge < -0.3 is 15.2 Å². The summed E-state index contributed by atoms with van der Waals surface area (Å²) in [4.78, 5) is 9.54. The van der Waals surface area contributed by atoms with Gasteiger partial charge in [-0.05, 0) is 40.2 Å². The van der Waals surface area contributed by atoms with Crippen molar-refractivity contribution in [2.45, 2.75) is 0 Å². The highest BCUT2D eigenvalue weighted by Crippen LogP contribution is 2.42. The molecule has 0 unspecified atom stereocenters. The molecule has 2 aromatic carbocycles. The van der Waals surface area contributed by atoms with Crippen LogP contribution in [0.5, 0.6) is 11.5 Å². The van der Waals surface area contributed by atoms with E-state index in [0.29, 0.717) is 11.5 Å². The summed E-state index contributed by atoms with van der Waals surface area (Å²) in [6.07, 6.45) is 1.87. The molecule has 0 atom stereocenters. The Morgan fingerprint density at radius 3 is 2.71 bits per heavy atom. The van der Waals surface area contributed by atoms with Crippen LogP contribution in [0.3, 0.4) is 0 Å². The first-order valence-electron chi connectivity index (χ1n) is 8.62. The number of para-hydroxylation sites is 1. The van der Waals surface area contributed by atoms with Gasteiger partial charge in [0.2, 0.25) is 12.7 Å². The molecule has 0 spiro atoms. The van der Waals surface area contributed by atoms with Crippen LogP contribution >= 0.6 is 15.9 Å². The first-order valence-corrected chi connectivity index (χ1v) is 9.41. The molecule has 136 valence electrons. The van der Waals surface area contributed by atoms with Gasteiger partial charge in [0.25, 0.3) is 0 Å². The lowest BCUT2D eigenvalue weighted by atomic mass is 10.0. The van der Waals surface area contributed by atoms with Crippen LogP contribution in [0.4, 0.5) is 11.6 Å². The van der Waals surface area contributed by atoms with Crippen LogP contribution in [-0.2, 0) is 0 Å². The van der Waals surface area contributed by atoms with Gasteiger partial charge in [0.05, 0.1) is 11.4 Å². The van der Waals surface area contributed by atoms with Crippen molar-refractivity contribution >= 4 is 38.8 Å². The second-order valence-corrected chi connectivity index (χ2v) is 7.36. The molecule has 2 aromatic heterocycles. The Morgan fingerprint density at radius 1 is 1.00 bits per heavy atom. The molecule has 0 saturated carbocycles. The number of hydrogen-bond acceptors (Lipinski definition) is 6. The summed E-state index contributed by atoms with van der Waals surface area (Å²) in [5.41, 5.74) is 11.9. The molecule has 0 bridgehead atoms. The van der Waals surface area contributed by atoms with Crippen LogP contribution < -0.4 is 15.2 Å². The van der Waals surface area contributed by atoms with Gasteiger partial charge in [-0.25, -0.2) is 14.5 Å². The number of ether oxygens (including phenoxy) is 2. The number of nitrogen functional groups attached to an aromatic ring is 1. The van der Waals surface area contributed by atoms with E-state index in [0.717, 1.165) is 43.8 Å². The summed E-state index contributed by atoms with van der Waals surface area (Å²) >= 11 is 3.66. The Balaban J connectivity index is 1.72. The lowest BCUT2D eigenvalue weighted by Gasteiger charge is -2.09. The van der Waals surface area contributed by atoms with Gasteiger partial charge in [0, 0.05) is 27.4 Å². The number of aromatic nitrogens is 3. The maximum absolute atomic E-state index is 5.95. The Hall–Kier alpha value is -3.39. The molecular formula is C20H12BrN5O2. The van der Waals surface area contributed by atoms with Crippen molar-refractivity contribution in [2.24, 2.45) is 4.99 Å². The molecule has 4 heterocycles. The summed E-state index contributed by atoms with van der Waals surface area (Å²) in [5, 5.41) is 4.33. The largest absolute Gasteiger partial charge is 0.454 e. The van der Waals surface area contributed by atoms with Crippen molar-refractivity contribution in [1.29, 1.82) is 0 Å². The zero-order valence-corrected chi connectivity index (χ0v) is 16.0. The Labute approximate surface area is 167 Å². The number of nitrogens with two attached hydrogens (primary N) is 1. The number of benzene rings is 2. The molecule has 2 aliphatic rings. The molecule has 6 rings (SSSR count). The van der Waals surface area contributed by atoms with Gasteiger partial charge in [-0.2, -0.15) is 0 Å². The fraction of sp³-hybridized carbons (Fsp3) is 0.0500. The molecule has 2 aliphatic heterocycles. The monoisotopic (exact) mass is 433 g/mol. The number of halogens is 1. The summed E-state index contributed by atoms with van der Waals surface area (Å²) < 4.78 is 13.7. The number of anilines is 1. The SMILES string of the molecule is Nc1nc2c3c(ccn3n1)C(c1cc3c(cc1Br)OCO3)=Nc1ccccc1-2. The van der Waals surface area contributed by atoms with E-state index in [2.05, 4.69) is 26.0 Å². The quantitative estimate of drug-likeness (QED) is 0.432. The van der Waals surface area contributed by atoms with E-state index < -0.39 is 0 Å². The van der Waals surface area contributed by atoms with E-state index >= 15 is 0 Å². The predicted molar refractivity (Wildman–Crippen MR) is 108 cm³/mol. The maximum atomic E-state index is 5.95. The summed E-state index contributed by atoms with van der Waals surface area (Å²) in [7, 11) is 0.